The Kier molecular flexibility index (Phi) is 4.31. The Morgan fingerprint density at radius 3 is 1.48 bits per heavy atom. The molecule has 136 valence electrons. The molecule has 0 saturated carbocycles. The first-order valence-electron chi connectivity index (χ1n) is 6.98. The molecule has 0 fully saturated rings. The van der Waals surface area contributed by atoms with Gasteiger partial charge in [-0.1, -0.05) is 18.2 Å². The van der Waals surface area contributed by atoms with Gasteiger partial charge in [0.25, 0.3) is 0 Å². The molecular formula is C16H15F6N3. The third kappa shape index (κ3) is 2.83. The summed E-state index contributed by atoms with van der Waals surface area (Å²) in [5.41, 5.74) is 9.70. The lowest BCUT2D eigenvalue weighted by atomic mass is 9.72. The molecule has 0 aliphatic rings. The quantitative estimate of drug-likeness (QED) is 0.554. The van der Waals surface area contributed by atoms with Crippen molar-refractivity contribution in [3.63, 3.8) is 0 Å². The van der Waals surface area contributed by atoms with Gasteiger partial charge in [-0.2, -0.15) is 26.3 Å². The van der Waals surface area contributed by atoms with E-state index in [0.29, 0.717) is 23.8 Å². The Morgan fingerprint density at radius 1 is 0.640 bits per heavy atom. The first-order chi connectivity index (χ1) is 11.3. The number of nitrogen functional groups attached to an aromatic ring is 3. The number of benzene rings is 2. The summed E-state index contributed by atoms with van der Waals surface area (Å²) in [6.07, 6.45) is -11.4. The summed E-state index contributed by atoms with van der Waals surface area (Å²) in [6, 6.07) is 4.73. The standard InChI is InChI=1S/C16H15F6N3/c1-8-2-3-9(6-12(8)24)14(15(17,18)19,16(20,21)22)10-4-5-11(23)13(25)7-10/h2-7H,23-25H2,1H3. The number of rotatable bonds is 2. The van der Waals surface area contributed by atoms with Gasteiger partial charge in [0.2, 0.25) is 5.41 Å². The molecule has 0 unspecified atom stereocenters. The fraction of sp³-hybridized carbons (Fsp3) is 0.250. The fourth-order valence-corrected chi connectivity index (χ4v) is 2.66. The molecule has 0 aromatic heterocycles. The second kappa shape index (κ2) is 5.75. The third-order valence-electron chi connectivity index (χ3n) is 4.08. The number of nitrogens with two attached hydrogens (primary N) is 3. The minimum atomic E-state index is -5.70. The van der Waals surface area contributed by atoms with Gasteiger partial charge in [-0.15, -0.1) is 0 Å². The summed E-state index contributed by atoms with van der Waals surface area (Å²) in [5, 5.41) is 0. The molecule has 2 rings (SSSR count). The van der Waals surface area contributed by atoms with E-state index in [1.54, 1.807) is 0 Å². The number of anilines is 3. The van der Waals surface area contributed by atoms with Crippen molar-refractivity contribution in [2.75, 3.05) is 17.2 Å². The number of hydrogen-bond donors (Lipinski definition) is 3. The van der Waals surface area contributed by atoms with Gasteiger partial charge < -0.3 is 17.2 Å². The van der Waals surface area contributed by atoms with Crippen molar-refractivity contribution >= 4 is 17.1 Å². The molecule has 0 spiro atoms. The molecule has 0 radical (unpaired) electrons. The zero-order chi connectivity index (χ0) is 19.2. The summed E-state index contributed by atoms with van der Waals surface area (Å²) in [7, 11) is 0. The fourth-order valence-electron chi connectivity index (χ4n) is 2.66. The van der Waals surface area contributed by atoms with Crippen LogP contribution in [0, 0.1) is 6.92 Å². The Morgan fingerprint density at radius 2 is 1.08 bits per heavy atom. The Balaban J connectivity index is 2.96. The van der Waals surface area contributed by atoms with Gasteiger partial charge in [0.05, 0.1) is 11.4 Å². The van der Waals surface area contributed by atoms with Crippen LogP contribution >= 0.6 is 0 Å². The smallest absolute Gasteiger partial charge is 0.399 e. The van der Waals surface area contributed by atoms with Crippen molar-refractivity contribution in [2.24, 2.45) is 0 Å². The van der Waals surface area contributed by atoms with Crippen LogP contribution < -0.4 is 17.2 Å². The third-order valence-corrected chi connectivity index (χ3v) is 4.08. The second-order valence-electron chi connectivity index (χ2n) is 5.66. The number of halogens is 6. The van der Waals surface area contributed by atoms with E-state index < -0.39 is 28.9 Å². The monoisotopic (exact) mass is 363 g/mol. The second-order valence-corrected chi connectivity index (χ2v) is 5.66. The lowest BCUT2D eigenvalue weighted by Gasteiger charge is -2.38. The maximum Gasteiger partial charge on any atom is 0.411 e. The van der Waals surface area contributed by atoms with E-state index in [2.05, 4.69) is 0 Å². The summed E-state index contributed by atoms with van der Waals surface area (Å²) >= 11 is 0. The molecule has 2 aromatic carbocycles. The molecule has 0 heterocycles. The molecule has 0 aliphatic carbocycles. The van der Waals surface area contributed by atoms with E-state index >= 15 is 0 Å². The molecule has 9 heteroatoms. The van der Waals surface area contributed by atoms with Crippen LogP contribution in [-0.2, 0) is 5.41 Å². The zero-order valence-corrected chi connectivity index (χ0v) is 13.0. The Bertz CT molecular complexity index is 728. The van der Waals surface area contributed by atoms with Crippen molar-refractivity contribution in [1.29, 1.82) is 0 Å². The van der Waals surface area contributed by atoms with Gasteiger partial charge in [-0.25, -0.2) is 0 Å². The normalized spacial score (nSPS) is 13.1. The lowest BCUT2D eigenvalue weighted by Crippen LogP contribution is -2.54. The summed E-state index contributed by atoms with van der Waals surface area (Å²) in [5.74, 6) is 0. The topological polar surface area (TPSA) is 78.1 Å². The predicted molar refractivity (Wildman–Crippen MR) is 83.7 cm³/mol. The van der Waals surface area contributed by atoms with E-state index in [0.717, 1.165) is 18.2 Å². The minimum Gasteiger partial charge on any atom is -0.399 e. The van der Waals surface area contributed by atoms with Crippen molar-refractivity contribution < 1.29 is 26.3 Å². The van der Waals surface area contributed by atoms with Crippen molar-refractivity contribution in [2.45, 2.75) is 24.7 Å². The van der Waals surface area contributed by atoms with Crippen LogP contribution in [0.2, 0.25) is 0 Å². The van der Waals surface area contributed by atoms with E-state index in [1.165, 1.54) is 6.92 Å². The van der Waals surface area contributed by atoms with Crippen LogP contribution in [0.1, 0.15) is 16.7 Å². The molecule has 0 bridgehead atoms. The predicted octanol–water partition coefficient (Wildman–Crippen LogP) is 4.15. The summed E-state index contributed by atoms with van der Waals surface area (Å²) in [4.78, 5) is 0. The van der Waals surface area contributed by atoms with Crippen LogP contribution in [0.15, 0.2) is 36.4 Å². The first-order valence-corrected chi connectivity index (χ1v) is 6.98. The van der Waals surface area contributed by atoms with Crippen LogP contribution in [0.4, 0.5) is 43.4 Å². The van der Waals surface area contributed by atoms with E-state index in [4.69, 9.17) is 17.2 Å². The molecule has 3 nitrogen and oxygen atoms in total. The number of alkyl halides is 6. The number of hydrogen-bond acceptors (Lipinski definition) is 3. The van der Waals surface area contributed by atoms with Gasteiger partial charge in [-0.3, -0.25) is 0 Å². The highest BCUT2D eigenvalue weighted by atomic mass is 19.4. The van der Waals surface area contributed by atoms with Gasteiger partial charge in [0.1, 0.15) is 0 Å². The Hall–Kier alpha value is -2.58. The largest absolute Gasteiger partial charge is 0.411 e. The van der Waals surface area contributed by atoms with E-state index in [9.17, 15) is 26.3 Å². The summed E-state index contributed by atoms with van der Waals surface area (Å²) < 4.78 is 83.2. The van der Waals surface area contributed by atoms with Crippen LogP contribution in [0.5, 0.6) is 0 Å². The number of aryl methyl sites for hydroxylation is 1. The molecule has 0 atom stereocenters. The molecule has 0 amide bonds. The highest BCUT2D eigenvalue weighted by molar-refractivity contribution is 5.66. The lowest BCUT2D eigenvalue weighted by molar-refractivity contribution is -0.288. The van der Waals surface area contributed by atoms with Crippen molar-refractivity contribution in [3.8, 4) is 0 Å². The molecule has 25 heavy (non-hydrogen) atoms. The molecule has 2 aromatic rings. The SMILES string of the molecule is Cc1ccc(C(c2ccc(N)c(N)c2)(C(F)(F)F)C(F)(F)F)cc1N. The van der Waals surface area contributed by atoms with Crippen LogP contribution in [0.3, 0.4) is 0 Å². The average molecular weight is 363 g/mol. The summed E-state index contributed by atoms with van der Waals surface area (Å²) in [6.45, 7) is 1.48. The highest BCUT2D eigenvalue weighted by Gasteiger charge is 2.72. The van der Waals surface area contributed by atoms with E-state index in [1.807, 2.05) is 0 Å². The van der Waals surface area contributed by atoms with Gasteiger partial charge in [0, 0.05) is 5.69 Å². The van der Waals surface area contributed by atoms with Gasteiger partial charge in [-0.05, 0) is 41.8 Å². The highest BCUT2D eigenvalue weighted by Crippen LogP contribution is 2.56. The van der Waals surface area contributed by atoms with Crippen molar-refractivity contribution in [1.82, 2.24) is 0 Å². The average Bonchev–Trinajstić information content (AvgIpc) is 2.44. The van der Waals surface area contributed by atoms with E-state index in [-0.39, 0.29) is 17.1 Å². The van der Waals surface area contributed by atoms with Gasteiger partial charge >= 0.3 is 12.4 Å². The molecular weight excluding hydrogens is 348 g/mol. The zero-order valence-electron chi connectivity index (χ0n) is 13.0. The molecule has 0 saturated heterocycles. The van der Waals surface area contributed by atoms with Crippen LogP contribution in [0.25, 0.3) is 0 Å². The van der Waals surface area contributed by atoms with Crippen molar-refractivity contribution in [3.05, 3.63) is 53.1 Å². The van der Waals surface area contributed by atoms with Gasteiger partial charge in [0.15, 0.2) is 0 Å². The Labute approximate surface area is 139 Å². The molecule has 0 aliphatic heterocycles. The minimum absolute atomic E-state index is 0.120. The van der Waals surface area contributed by atoms with Crippen LogP contribution in [-0.4, -0.2) is 12.4 Å². The first kappa shape index (κ1) is 18.8. The molecule has 6 N–H and O–H groups in total. The maximum absolute atomic E-state index is 13.9. The maximum atomic E-state index is 13.9.